The summed E-state index contributed by atoms with van der Waals surface area (Å²) in [4.78, 5) is 17.0. The van der Waals surface area contributed by atoms with Crippen molar-refractivity contribution in [1.82, 2.24) is 4.90 Å². The number of likely N-dealkylation sites (tertiary alicyclic amines) is 1. The molecular formula is C21H34N2O2. The normalized spacial score (nSPS) is 16.3. The summed E-state index contributed by atoms with van der Waals surface area (Å²) in [6, 6.07) is 10.4. The molecule has 0 N–H and O–H groups in total. The number of piperidine rings is 1. The largest absolute Gasteiger partial charge is 0.381 e. The molecule has 0 radical (unpaired) electrons. The highest BCUT2D eigenvalue weighted by molar-refractivity contribution is 5.93. The van der Waals surface area contributed by atoms with E-state index in [0.29, 0.717) is 18.4 Å². The van der Waals surface area contributed by atoms with Gasteiger partial charge in [-0.25, -0.2) is 0 Å². The van der Waals surface area contributed by atoms with E-state index >= 15 is 0 Å². The second-order valence-electron chi connectivity index (χ2n) is 7.35. The number of hydrogen-bond acceptors (Lipinski definition) is 3. The Morgan fingerprint density at radius 3 is 2.52 bits per heavy atom. The molecule has 4 heteroatoms. The highest BCUT2D eigenvalue weighted by atomic mass is 16.5. The number of rotatable bonds is 9. The fourth-order valence-electron chi connectivity index (χ4n) is 3.43. The Morgan fingerprint density at radius 1 is 1.24 bits per heavy atom. The van der Waals surface area contributed by atoms with Crippen LogP contribution in [0.4, 0.5) is 5.69 Å². The van der Waals surface area contributed by atoms with Crippen LogP contribution in [0.2, 0.25) is 0 Å². The SMILES string of the molecule is CCC(=O)N(c1ccccc1)C1CCN(CCCOCC(C)C)CC1. The minimum atomic E-state index is 0.228. The minimum absolute atomic E-state index is 0.228. The zero-order valence-electron chi connectivity index (χ0n) is 16.1. The molecule has 1 fully saturated rings. The molecule has 4 nitrogen and oxygen atoms in total. The number of benzene rings is 1. The van der Waals surface area contributed by atoms with Gasteiger partial charge in [0, 0.05) is 51.0 Å². The maximum Gasteiger partial charge on any atom is 0.226 e. The van der Waals surface area contributed by atoms with Crippen LogP contribution in [-0.2, 0) is 9.53 Å². The fourth-order valence-corrected chi connectivity index (χ4v) is 3.43. The lowest BCUT2D eigenvalue weighted by atomic mass is 10.0. The number of amides is 1. The molecule has 25 heavy (non-hydrogen) atoms. The van der Waals surface area contributed by atoms with Gasteiger partial charge in [-0.05, 0) is 37.3 Å². The number of carbonyl (C=O) groups is 1. The van der Waals surface area contributed by atoms with Crippen LogP contribution >= 0.6 is 0 Å². The van der Waals surface area contributed by atoms with Gasteiger partial charge in [-0.3, -0.25) is 4.79 Å². The fraction of sp³-hybridized carbons (Fsp3) is 0.667. The van der Waals surface area contributed by atoms with E-state index in [2.05, 4.69) is 18.7 Å². The molecular weight excluding hydrogens is 312 g/mol. The number of carbonyl (C=O) groups excluding carboxylic acids is 1. The first-order valence-corrected chi connectivity index (χ1v) is 9.79. The molecule has 1 saturated heterocycles. The summed E-state index contributed by atoms with van der Waals surface area (Å²) in [5.74, 6) is 0.836. The van der Waals surface area contributed by atoms with Crippen LogP contribution in [-0.4, -0.2) is 49.7 Å². The summed E-state index contributed by atoms with van der Waals surface area (Å²) >= 11 is 0. The predicted molar refractivity (Wildman–Crippen MR) is 104 cm³/mol. The molecule has 1 aliphatic heterocycles. The van der Waals surface area contributed by atoms with Crippen molar-refractivity contribution < 1.29 is 9.53 Å². The van der Waals surface area contributed by atoms with Crippen molar-refractivity contribution >= 4 is 11.6 Å². The molecule has 0 unspecified atom stereocenters. The van der Waals surface area contributed by atoms with Gasteiger partial charge in [0.25, 0.3) is 0 Å². The Morgan fingerprint density at radius 2 is 1.92 bits per heavy atom. The van der Waals surface area contributed by atoms with Crippen LogP contribution in [0.25, 0.3) is 0 Å². The van der Waals surface area contributed by atoms with Gasteiger partial charge in [0.15, 0.2) is 0 Å². The predicted octanol–water partition coefficient (Wildman–Crippen LogP) is 3.96. The van der Waals surface area contributed by atoms with E-state index in [-0.39, 0.29) is 5.91 Å². The van der Waals surface area contributed by atoms with E-state index < -0.39 is 0 Å². The number of anilines is 1. The zero-order chi connectivity index (χ0) is 18.1. The topological polar surface area (TPSA) is 32.8 Å². The average molecular weight is 347 g/mol. The lowest BCUT2D eigenvalue weighted by Crippen LogP contribution is -2.47. The Balaban J connectivity index is 1.80. The van der Waals surface area contributed by atoms with Crippen molar-refractivity contribution in [2.45, 2.75) is 52.5 Å². The molecule has 0 aliphatic carbocycles. The van der Waals surface area contributed by atoms with E-state index in [9.17, 15) is 4.79 Å². The Kier molecular flexibility index (Phi) is 8.42. The van der Waals surface area contributed by atoms with Crippen LogP contribution in [0.15, 0.2) is 30.3 Å². The number of para-hydroxylation sites is 1. The lowest BCUT2D eigenvalue weighted by Gasteiger charge is -2.38. The smallest absolute Gasteiger partial charge is 0.226 e. The molecule has 0 aromatic heterocycles. The van der Waals surface area contributed by atoms with Crippen LogP contribution in [0.5, 0.6) is 0 Å². The summed E-state index contributed by atoms with van der Waals surface area (Å²) in [6.07, 6.45) is 3.75. The first-order valence-electron chi connectivity index (χ1n) is 9.79. The van der Waals surface area contributed by atoms with E-state index in [1.54, 1.807) is 0 Å². The molecule has 1 aromatic carbocycles. The van der Waals surface area contributed by atoms with Crippen LogP contribution in [0.3, 0.4) is 0 Å². The highest BCUT2D eigenvalue weighted by Gasteiger charge is 2.28. The summed E-state index contributed by atoms with van der Waals surface area (Å²) in [6.45, 7) is 11.2. The van der Waals surface area contributed by atoms with Gasteiger partial charge >= 0.3 is 0 Å². The lowest BCUT2D eigenvalue weighted by molar-refractivity contribution is -0.119. The van der Waals surface area contributed by atoms with E-state index in [4.69, 9.17) is 4.74 Å². The van der Waals surface area contributed by atoms with Crippen molar-refractivity contribution in [2.75, 3.05) is 37.7 Å². The first-order chi connectivity index (χ1) is 12.1. The van der Waals surface area contributed by atoms with E-state index in [0.717, 1.165) is 57.8 Å². The molecule has 0 atom stereocenters. The van der Waals surface area contributed by atoms with Gasteiger partial charge < -0.3 is 14.5 Å². The summed E-state index contributed by atoms with van der Waals surface area (Å²) in [7, 11) is 0. The maximum absolute atomic E-state index is 12.5. The number of hydrogen-bond donors (Lipinski definition) is 0. The summed E-state index contributed by atoms with van der Waals surface area (Å²) < 4.78 is 5.67. The van der Waals surface area contributed by atoms with Gasteiger partial charge in [-0.1, -0.05) is 39.0 Å². The summed E-state index contributed by atoms with van der Waals surface area (Å²) in [5.41, 5.74) is 1.04. The van der Waals surface area contributed by atoms with Crippen molar-refractivity contribution in [2.24, 2.45) is 5.92 Å². The van der Waals surface area contributed by atoms with Crippen molar-refractivity contribution in [3.8, 4) is 0 Å². The van der Waals surface area contributed by atoms with Crippen molar-refractivity contribution in [1.29, 1.82) is 0 Å². The Bertz CT molecular complexity index is 496. The second-order valence-corrected chi connectivity index (χ2v) is 7.35. The standard InChI is InChI=1S/C21H34N2O2/c1-4-21(24)23(19-9-6-5-7-10-19)20-11-14-22(15-12-20)13-8-16-25-17-18(2)3/h5-7,9-10,18,20H,4,8,11-17H2,1-3H3. The quantitative estimate of drug-likeness (QED) is 0.635. The number of nitrogens with zero attached hydrogens (tertiary/aromatic N) is 2. The van der Waals surface area contributed by atoms with E-state index in [1.807, 2.05) is 42.2 Å². The molecule has 0 bridgehead atoms. The Labute approximate surface area is 153 Å². The van der Waals surface area contributed by atoms with Gasteiger partial charge in [0.2, 0.25) is 5.91 Å². The monoisotopic (exact) mass is 346 g/mol. The molecule has 0 saturated carbocycles. The van der Waals surface area contributed by atoms with Gasteiger partial charge in [0.05, 0.1) is 0 Å². The van der Waals surface area contributed by atoms with Gasteiger partial charge in [-0.2, -0.15) is 0 Å². The van der Waals surface area contributed by atoms with Crippen LogP contribution < -0.4 is 4.90 Å². The molecule has 1 aromatic rings. The van der Waals surface area contributed by atoms with Gasteiger partial charge in [-0.15, -0.1) is 0 Å². The first kappa shape index (κ1) is 19.9. The maximum atomic E-state index is 12.5. The number of ether oxygens (including phenoxy) is 1. The molecule has 2 rings (SSSR count). The Hall–Kier alpha value is -1.39. The van der Waals surface area contributed by atoms with E-state index in [1.165, 1.54) is 0 Å². The van der Waals surface area contributed by atoms with Crippen molar-refractivity contribution in [3.05, 3.63) is 30.3 Å². The third-order valence-electron chi connectivity index (χ3n) is 4.74. The molecule has 1 aliphatic rings. The van der Waals surface area contributed by atoms with Crippen LogP contribution in [0.1, 0.15) is 46.5 Å². The molecule has 0 spiro atoms. The van der Waals surface area contributed by atoms with Gasteiger partial charge in [0.1, 0.15) is 0 Å². The second kappa shape index (κ2) is 10.6. The summed E-state index contributed by atoms with van der Waals surface area (Å²) in [5, 5.41) is 0. The minimum Gasteiger partial charge on any atom is -0.381 e. The molecule has 140 valence electrons. The molecule has 1 heterocycles. The molecule has 1 amide bonds. The third-order valence-corrected chi connectivity index (χ3v) is 4.74. The van der Waals surface area contributed by atoms with Crippen LogP contribution in [0, 0.1) is 5.92 Å². The zero-order valence-corrected chi connectivity index (χ0v) is 16.1. The highest BCUT2D eigenvalue weighted by Crippen LogP contribution is 2.24. The van der Waals surface area contributed by atoms with Crippen molar-refractivity contribution in [3.63, 3.8) is 0 Å². The average Bonchev–Trinajstić information content (AvgIpc) is 2.63. The third kappa shape index (κ3) is 6.44.